The molecule has 14 heavy (non-hydrogen) atoms. The molecule has 1 saturated heterocycles. The van der Waals surface area contributed by atoms with Crippen LogP contribution in [0.1, 0.15) is 11.7 Å². The Kier molecular flexibility index (Phi) is 3.56. The molecule has 0 aliphatic carbocycles. The molecule has 1 atom stereocenters. The molecular weight excluding hydrogens is 244 g/mol. The van der Waals surface area contributed by atoms with Gasteiger partial charge in [-0.15, -0.1) is 0 Å². The molecule has 2 rings (SSSR count). The molecule has 3 heteroatoms. The van der Waals surface area contributed by atoms with E-state index in [-0.39, 0.29) is 12.2 Å². The van der Waals surface area contributed by atoms with Crippen LogP contribution in [0.15, 0.2) is 30.3 Å². The molecular formula is C11H13BrO2. The van der Waals surface area contributed by atoms with E-state index < -0.39 is 0 Å². The van der Waals surface area contributed by atoms with Gasteiger partial charge in [0.2, 0.25) is 0 Å². The standard InChI is InChI=1S/C11H13BrO2/c12-6-11(14-10-7-13-8-10)9-4-2-1-3-5-9/h1-5,10-11H,6-8H2. The van der Waals surface area contributed by atoms with Crippen LogP contribution in [0.4, 0.5) is 0 Å². The van der Waals surface area contributed by atoms with Crippen LogP contribution in [-0.4, -0.2) is 24.6 Å². The van der Waals surface area contributed by atoms with Crippen LogP contribution in [0.2, 0.25) is 0 Å². The van der Waals surface area contributed by atoms with Gasteiger partial charge in [0, 0.05) is 5.33 Å². The van der Waals surface area contributed by atoms with E-state index >= 15 is 0 Å². The predicted molar refractivity (Wildman–Crippen MR) is 58.7 cm³/mol. The highest BCUT2D eigenvalue weighted by Gasteiger charge is 2.23. The summed E-state index contributed by atoms with van der Waals surface area (Å²) in [5.74, 6) is 0. The Balaban J connectivity index is 1.98. The molecule has 1 aromatic carbocycles. The fourth-order valence-corrected chi connectivity index (χ4v) is 1.92. The summed E-state index contributed by atoms with van der Waals surface area (Å²) in [5.41, 5.74) is 1.22. The Labute approximate surface area is 92.3 Å². The van der Waals surface area contributed by atoms with Gasteiger partial charge in [-0.1, -0.05) is 46.3 Å². The van der Waals surface area contributed by atoms with Gasteiger partial charge in [0.25, 0.3) is 0 Å². The first kappa shape index (κ1) is 10.1. The Hall–Kier alpha value is -0.380. The maximum absolute atomic E-state index is 5.85. The molecule has 0 spiro atoms. The molecule has 1 aliphatic heterocycles. The first-order valence-electron chi connectivity index (χ1n) is 4.74. The smallest absolute Gasteiger partial charge is 0.105 e. The third-order valence-electron chi connectivity index (χ3n) is 2.28. The minimum absolute atomic E-state index is 0.144. The lowest BCUT2D eigenvalue weighted by Crippen LogP contribution is -2.37. The second-order valence-corrected chi connectivity index (χ2v) is 4.00. The van der Waals surface area contributed by atoms with Crippen LogP contribution in [0.25, 0.3) is 0 Å². The summed E-state index contributed by atoms with van der Waals surface area (Å²) < 4.78 is 10.9. The van der Waals surface area contributed by atoms with Gasteiger partial charge in [-0.2, -0.15) is 0 Å². The highest BCUT2D eigenvalue weighted by atomic mass is 79.9. The van der Waals surface area contributed by atoms with Crippen molar-refractivity contribution in [3.8, 4) is 0 Å². The van der Waals surface area contributed by atoms with Gasteiger partial charge in [-0.05, 0) is 5.56 Å². The molecule has 0 N–H and O–H groups in total. The number of ether oxygens (including phenoxy) is 2. The summed E-state index contributed by atoms with van der Waals surface area (Å²) in [6.07, 6.45) is 0.419. The van der Waals surface area contributed by atoms with Gasteiger partial charge < -0.3 is 9.47 Å². The minimum atomic E-state index is 0.144. The number of alkyl halides is 1. The fourth-order valence-electron chi connectivity index (χ4n) is 1.40. The Morgan fingerprint density at radius 1 is 1.36 bits per heavy atom. The SMILES string of the molecule is BrCC(OC1COC1)c1ccccc1. The average molecular weight is 257 g/mol. The number of hydrogen-bond acceptors (Lipinski definition) is 2. The van der Waals surface area contributed by atoms with Crippen LogP contribution in [0, 0.1) is 0 Å². The molecule has 0 amide bonds. The zero-order valence-electron chi connectivity index (χ0n) is 7.86. The van der Waals surface area contributed by atoms with E-state index in [2.05, 4.69) is 28.1 Å². The van der Waals surface area contributed by atoms with Gasteiger partial charge in [-0.25, -0.2) is 0 Å². The number of benzene rings is 1. The van der Waals surface area contributed by atoms with E-state index in [0.717, 1.165) is 18.5 Å². The lowest BCUT2D eigenvalue weighted by molar-refractivity contribution is -0.150. The molecule has 1 fully saturated rings. The van der Waals surface area contributed by atoms with Crippen molar-refractivity contribution in [2.45, 2.75) is 12.2 Å². The van der Waals surface area contributed by atoms with E-state index in [1.54, 1.807) is 0 Å². The Bertz CT molecular complexity index is 272. The summed E-state index contributed by atoms with van der Waals surface area (Å²) in [5, 5.41) is 0.827. The van der Waals surface area contributed by atoms with Gasteiger partial charge in [-0.3, -0.25) is 0 Å². The summed E-state index contributed by atoms with van der Waals surface area (Å²) in [4.78, 5) is 0. The molecule has 0 radical (unpaired) electrons. The van der Waals surface area contributed by atoms with Crippen molar-refractivity contribution in [1.82, 2.24) is 0 Å². The molecule has 1 unspecified atom stereocenters. The third kappa shape index (κ3) is 2.35. The maximum Gasteiger partial charge on any atom is 0.105 e. The molecule has 76 valence electrons. The monoisotopic (exact) mass is 256 g/mol. The average Bonchev–Trinajstić information content (AvgIpc) is 2.18. The largest absolute Gasteiger partial charge is 0.376 e. The number of hydrogen-bond donors (Lipinski definition) is 0. The molecule has 1 heterocycles. The first-order chi connectivity index (χ1) is 6.90. The second kappa shape index (κ2) is 4.91. The van der Waals surface area contributed by atoms with Gasteiger partial charge in [0.05, 0.1) is 19.3 Å². The molecule has 2 nitrogen and oxygen atoms in total. The van der Waals surface area contributed by atoms with Crippen LogP contribution in [0.5, 0.6) is 0 Å². The van der Waals surface area contributed by atoms with Crippen LogP contribution in [-0.2, 0) is 9.47 Å². The van der Waals surface area contributed by atoms with Crippen LogP contribution in [0.3, 0.4) is 0 Å². The highest BCUT2D eigenvalue weighted by Crippen LogP contribution is 2.23. The number of halogens is 1. The third-order valence-corrected chi connectivity index (χ3v) is 2.86. The molecule has 0 aromatic heterocycles. The van der Waals surface area contributed by atoms with Crippen LogP contribution < -0.4 is 0 Å². The van der Waals surface area contributed by atoms with Gasteiger partial charge in [0.15, 0.2) is 0 Å². The summed E-state index contributed by atoms with van der Waals surface area (Å²) in [6.45, 7) is 1.46. The molecule has 1 aliphatic rings. The zero-order chi connectivity index (χ0) is 9.80. The van der Waals surface area contributed by atoms with Gasteiger partial charge >= 0.3 is 0 Å². The normalized spacial score (nSPS) is 18.9. The fraction of sp³-hybridized carbons (Fsp3) is 0.455. The van der Waals surface area contributed by atoms with Crippen molar-refractivity contribution in [2.24, 2.45) is 0 Å². The zero-order valence-corrected chi connectivity index (χ0v) is 9.44. The van der Waals surface area contributed by atoms with E-state index in [9.17, 15) is 0 Å². The van der Waals surface area contributed by atoms with E-state index in [4.69, 9.17) is 9.47 Å². The van der Waals surface area contributed by atoms with E-state index in [0.29, 0.717) is 0 Å². The lowest BCUT2D eigenvalue weighted by Gasteiger charge is -2.30. The van der Waals surface area contributed by atoms with Crippen molar-refractivity contribution in [3.05, 3.63) is 35.9 Å². The van der Waals surface area contributed by atoms with E-state index in [1.165, 1.54) is 5.56 Å². The molecule has 0 bridgehead atoms. The van der Waals surface area contributed by atoms with Crippen molar-refractivity contribution >= 4 is 15.9 Å². The topological polar surface area (TPSA) is 18.5 Å². The summed E-state index contributed by atoms with van der Waals surface area (Å²) in [7, 11) is 0. The predicted octanol–water partition coefficient (Wildman–Crippen LogP) is 2.54. The Morgan fingerprint density at radius 2 is 2.07 bits per heavy atom. The van der Waals surface area contributed by atoms with Crippen molar-refractivity contribution < 1.29 is 9.47 Å². The maximum atomic E-state index is 5.85. The first-order valence-corrected chi connectivity index (χ1v) is 5.86. The molecule has 0 saturated carbocycles. The second-order valence-electron chi connectivity index (χ2n) is 3.35. The van der Waals surface area contributed by atoms with Crippen molar-refractivity contribution in [1.29, 1.82) is 0 Å². The quantitative estimate of drug-likeness (QED) is 0.772. The molecule has 1 aromatic rings. The van der Waals surface area contributed by atoms with Crippen LogP contribution >= 0.6 is 15.9 Å². The number of rotatable bonds is 4. The minimum Gasteiger partial charge on any atom is -0.376 e. The Morgan fingerprint density at radius 3 is 2.57 bits per heavy atom. The lowest BCUT2D eigenvalue weighted by atomic mass is 10.1. The summed E-state index contributed by atoms with van der Waals surface area (Å²) in [6, 6.07) is 10.3. The van der Waals surface area contributed by atoms with Crippen molar-refractivity contribution in [2.75, 3.05) is 18.5 Å². The summed E-state index contributed by atoms with van der Waals surface area (Å²) >= 11 is 3.47. The highest BCUT2D eigenvalue weighted by molar-refractivity contribution is 9.09. The van der Waals surface area contributed by atoms with Crippen molar-refractivity contribution in [3.63, 3.8) is 0 Å². The van der Waals surface area contributed by atoms with Gasteiger partial charge in [0.1, 0.15) is 6.10 Å². The van der Waals surface area contributed by atoms with E-state index in [1.807, 2.05) is 18.2 Å².